The SMILES string of the molecule is COc1ccc(CN(C)CC(O)c2cccc([N+](=O)[O-])c2)cc1F. The zero-order valence-corrected chi connectivity index (χ0v) is 13.5. The standard InChI is InChI=1S/C17H19FN2O4/c1-19(10-12-6-7-17(24-2)15(18)8-12)11-16(21)13-4-3-5-14(9-13)20(22)23/h3-9,16,21H,10-11H2,1-2H3. The second kappa shape index (κ2) is 7.85. The lowest BCUT2D eigenvalue weighted by molar-refractivity contribution is -0.385. The van der Waals surface area contributed by atoms with Crippen LogP contribution in [0, 0.1) is 15.9 Å². The number of nitro groups is 1. The Bertz CT molecular complexity index is 723. The summed E-state index contributed by atoms with van der Waals surface area (Å²) in [5, 5.41) is 21.0. The largest absolute Gasteiger partial charge is 0.494 e. The third-order valence-electron chi connectivity index (χ3n) is 3.62. The van der Waals surface area contributed by atoms with Crippen LogP contribution in [0.1, 0.15) is 17.2 Å². The molecule has 0 heterocycles. The molecule has 0 aromatic heterocycles. The summed E-state index contributed by atoms with van der Waals surface area (Å²) in [6.07, 6.45) is -0.877. The van der Waals surface area contributed by atoms with Crippen molar-refractivity contribution in [1.82, 2.24) is 4.90 Å². The molecule has 0 aliphatic rings. The van der Waals surface area contributed by atoms with Gasteiger partial charge in [-0.1, -0.05) is 18.2 Å². The van der Waals surface area contributed by atoms with Crippen molar-refractivity contribution >= 4 is 5.69 Å². The Hall–Kier alpha value is -2.51. The number of rotatable bonds is 7. The maximum Gasteiger partial charge on any atom is 0.269 e. The second-order valence-electron chi connectivity index (χ2n) is 5.53. The molecule has 6 nitrogen and oxygen atoms in total. The van der Waals surface area contributed by atoms with Gasteiger partial charge in [0.15, 0.2) is 11.6 Å². The van der Waals surface area contributed by atoms with Crippen molar-refractivity contribution in [3.63, 3.8) is 0 Å². The Kier molecular flexibility index (Phi) is 5.83. The maximum absolute atomic E-state index is 13.7. The van der Waals surface area contributed by atoms with Crippen molar-refractivity contribution in [2.45, 2.75) is 12.6 Å². The Morgan fingerprint density at radius 1 is 1.33 bits per heavy atom. The first kappa shape index (κ1) is 17.8. The summed E-state index contributed by atoms with van der Waals surface area (Å²) in [7, 11) is 3.18. The highest BCUT2D eigenvalue weighted by atomic mass is 19.1. The van der Waals surface area contributed by atoms with E-state index in [4.69, 9.17) is 4.74 Å². The molecule has 0 fully saturated rings. The highest BCUT2D eigenvalue weighted by molar-refractivity contribution is 5.35. The molecule has 0 amide bonds. The molecule has 0 aliphatic carbocycles. The maximum atomic E-state index is 13.7. The molecule has 24 heavy (non-hydrogen) atoms. The molecule has 0 bridgehead atoms. The number of hydrogen-bond donors (Lipinski definition) is 1. The molecular formula is C17H19FN2O4. The summed E-state index contributed by atoms with van der Waals surface area (Å²) < 4.78 is 18.6. The molecule has 2 aromatic rings. The van der Waals surface area contributed by atoms with E-state index in [0.717, 1.165) is 5.56 Å². The molecule has 1 atom stereocenters. The number of non-ortho nitro benzene ring substituents is 1. The lowest BCUT2D eigenvalue weighted by Gasteiger charge is -2.21. The first-order chi connectivity index (χ1) is 11.4. The number of aliphatic hydroxyl groups is 1. The van der Waals surface area contributed by atoms with E-state index in [1.807, 2.05) is 4.90 Å². The van der Waals surface area contributed by atoms with Gasteiger partial charge in [0.1, 0.15) is 0 Å². The number of nitrogens with zero attached hydrogens (tertiary/aromatic N) is 2. The van der Waals surface area contributed by atoms with Gasteiger partial charge in [-0.15, -0.1) is 0 Å². The zero-order valence-electron chi connectivity index (χ0n) is 13.5. The fourth-order valence-electron chi connectivity index (χ4n) is 2.43. The van der Waals surface area contributed by atoms with E-state index in [1.165, 1.54) is 31.4 Å². The predicted octanol–water partition coefficient (Wildman–Crippen LogP) is 2.91. The average Bonchev–Trinajstić information content (AvgIpc) is 2.55. The number of aliphatic hydroxyl groups excluding tert-OH is 1. The van der Waals surface area contributed by atoms with Crippen LogP contribution in [0.25, 0.3) is 0 Å². The number of nitro benzene ring substituents is 1. The Morgan fingerprint density at radius 2 is 2.08 bits per heavy atom. The van der Waals surface area contributed by atoms with Gasteiger partial charge in [0.05, 0.1) is 18.1 Å². The number of hydrogen-bond acceptors (Lipinski definition) is 5. The smallest absolute Gasteiger partial charge is 0.269 e. The van der Waals surface area contributed by atoms with Gasteiger partial charge in [0.2, 0.25) is 0 Å². The number of methoxy groups -OCH3 is 1. The molecule has 1 unspecified atom stereocenters. The highest BCUT2D eigenvalue weighted by Gasteiger charge is 2.15. The van der Waals surface area contributed by atoms with E-state index in [-0.39, 0.29) is 18.0 Å². The minimum absolute atomic E-state index is 0.0635. The number of halogens is 1. The summed E-state index contributed by atoms with van der Waals surface area (Å²) in [5.74, 6) is -0.263. The van der Waals surface area contributed by atoms with Crippen LogP contribution in [-0.4, -0.2) is 35.6 Å². The minimum Gasteiger partial charge on any atom is -0.494 e. The average molecular weight is 334 g/mol. The van der Waals surface area contributed by atoms with E-state index in [1.54, 1.807) is 25.2 Å². The lowest BCUT2D eigenvalue weighted by Crippen LogP contribution is -2.24. The van der Waals surface area contributed by atoms with Gasteiger partial charge in [-0.2, -0.15) is 0 Å². The topological polar surface area (TPSA) is 75.8 Å². The highest BCUT2D eigenvalue weighted by Crippen LogP contribution is 2.21. The van der Waals surface area contributed by atoms with Crippen molar-refractivity contribution in [3.05, 3.63) is 69.5 Å². The van der Waals surface area contributed by atoms with E-state index in [2.05, 4.69) is 0 Å². The molecule has 0 aliphatic heterocycles. The van der Waals surface area contributed by atoms with E-state index >= 15 is 0 Å². The number of benzene rings is 2. The van der Waals surface area contributed by atoms with Gasteiger partial charge in [0, 0.05) is 25.2 Å². The van der Waals surface area contributed by atoms with Gasteiger partial charge >= 0.3 is 0 Å². The molecule has 0 radical (unpaired) electrons. The Morgan fingerprint density at radius 3 is 2.71 bits per heavy atom. The third-order valence-corrected chi connectivity index (χ3v) is 3.62. The van der Waals surface area contributed by atoms with Crippen molar-refractivity contribution in [2.24, 2.45) is 0 Å². The van der Waals surface area contributed by atoms with Crippen molar-refractivity contribution in [3.8, 4) is 5.75 Å². The fraction of sp³-hybridized carbons (Fsp3) is 0.294. The van der Waals surface area contributed by atoms with Gasteiger partial charge < -0.3 is 9.84 Å². The van der Waals surface area contributed by atoms with Crippen LogP contribution < -0.4 is 4.74 Å². The summed E-state index contributed by atoms with van der Waals surface area (Å²) in [4.78, 5) is 12.1. The Labute approximate surface area is 139 Å². The second-order valence-corrected chi connectivity index (χ2v) is 5.53. The van der Waals surface area contributed by atoms with Crippen LogP contribution in [-0.2, 0) is 6.54 Å². The van der Waals surface area contributed by atoms with Crippen LogP contribution in [0.15, 0.2) is 42.5 Å². The molecule has 2 rings (SSSR count). The third kappa shape index (κ3) is 4.50. The molecule has 1 N–H and O–H groups in total. The van der Waals surface area contributed by atoms with Crippen molar-refractivity contribution < 1.29 is 19.2 Å². The summed E-state index contributed by atoms with van der Waals surface area (Å²) in [5.41, 5.74) is 1.14. The number of likely N-dealkylation sites (N-methyl/N-ethyl adjacent to an activating group) is 1. The summed E-state index contributed by atoms with van der Waals surface area (Å²) >= 11 is 0. The molecule has 2 aromatic carbocycles. The normalized spacial score (nSPS) is 12.2. The number of ether oxygens (including phenoxy) is 1. The molecular weight excluding hydrogens is 315 g/mol. The van der Waals surface area contributed by atoms with Crippen LogP contribution >= 0.6 is 0 Å². The Balaban J connectivity index is 2.01. The monoisotopic (exact) mass is 334 g/mol. The van der Waals surface area contributed by atoms with Gasteiger partial charge in [0.25, 0.3) is 5.69 Å². The van der Waals surface area contributed by atoms with Gasteiger partial charge in [-0.05, 0) is 30.3 Å². The summed E-state index contributed by atoms with van der Waals surface area (Å²) in [6, 6.07) is 10.6. The van der Waals surface area contributed by atoms with E-state index < -0.39 is 16.8 Å². The van der Waals surface area contributed by atoms with Crippen LogP contribution in [0.4, 0.5) is 10.1 Å². The van der Waals surface area contributed by atoms with Crippen LogP contribution in [0.2, 0.25) is 0 Å². The lowest BCUT2D eigenvalue weighted by atomic mass is 10.1. The first-order valence-electron chi connectivity index (χ1n) is 7.34. The van der Waals surface area contributed by atoms with Gasteiger partial charge in [-0.3, -0.25) is 15.0 Å². The molecule has 7 heteroatoms. The van der Waals surface area contributed by atoms with Crippen LogP contribution in [0.5, 0.6) is 5.75 Å². The van der Waals surface area contributed by atoms with E-state index in [0.29, 0.717) is 12.1 Å². The quantitative estimate of drug-likeness (QED) is 0.622. The van der Waals surface area contributed by atoms with Crippen molar-refractivity contribution in [1.29, 1.82) is 0 Å². The van der Waals surface area contributed by atoms with Crippen LogP contribution in [0.3, 0.4) is 0 Å². The van der Waals surface area contributed by atoms with E-state index in [9.17, 15) is 19.6 Å². The molecule has 0 saturated heterocycles. The molecule has 0 saturated carbocycles. The first-order valence-corrected chi connectivity index (χ1v) is 7.34. The minimum atomic E-state index is -0.877. The van der Waals surface area contributed by atoms with Crippen molar-refractivity contribution in [2.75, 3.05) is 20.7 Å². The van der Waals surface area contributed by atoms with Gasteiger partial charge in [-0.25, -0.2) is 4.39 Å². The summed E-state index contributed by atoms with van der Waals surface area (Å²) in [6.45, 7) is 0.682. The molecule has 0 spiro atoms. The zero-order chi connectivity index (χ0) is 17.7. The predicted molar refractivity (Wildman–Crippen MR) is 87.3 cm³/mol. The molecule has 128 valence electrons. The fourth-order valence-corrected chi connectivity index (χ4v) is 2.43.